The van der Waals surface area contributed by atoms with E-state index in [0.29, 0.717) is 30.7 Å². The van der Waals surface area contributed by atoms with E-state index >= 15 is 0 Å². The van der Waals surface area contributed by atoms with E-state index in [-0.39, 0.29) is 49.0 Å². The monoisotopic (exact) mass is 585 g/mol. The summed E-state index contributed by atoms with van der Waals surface area (Å²) in [7, 11) is 0. The normalized spacial score (nSPS) is 24.3. The van der Waals surface area contributed by atoms with Crippen molar-refractivity contribution in [3.63, 3.8) is 0 Å². The maximum absolute atomic E-state index is 13.7. The van der Waals surface area contributed by atoms with Crippen LogP contribution < -0.4 is 5.32 Å². The molecule has 2 amide bonds. The number of hydrogen-bond donors (Lipinski definition) is 1. The number of nitrogens with zero attached hydrogens (tertiary/aromatic N) is 2. The van der Waals surface area contributed by atoms with Crippen LogP contribution in [0.2, 0.25) is 0 Å². The Kier molecular flexibility index (Phi) is 8.06. The average Bonchev–Trinajstić information content (AvgIpc) is 3.78. The number of carbonyl (C=O) groups is 2. The van der Waals surface area contributed by atoms with Crippen molar-refractivity contribution >= 4 is 11.8 Å². The van der Waals surface area contributed by atoms with Gasteiger partial charge in [0.25, 0.3) is 5.91 Å². The van der Waals surface area contributed by atoms with Crippen LogP contribution in [0.15, 0.2) is 42.5 Å². The lowest BCUT2D eigenvalue weighted by molar-refractivity contribution is -0.143. The smallest absolute Gasteiger partial charge is 0.352 e. The number of carbonyl (C=O) groups excluding carboxylic acids is 2. The third-order valence-electron chi connectivity index (χ3n) is 8.21. The van der Waals surface area contributed by atoms with Crippen molar-refractivity contribution in [1.82, 2.24) is 15.1 Å². The van der Waals surface area contributed by atoms with Crippen molar-refractivity contribution in [2.24, 2.45) is 5.92 Å². The summed E-state index contributed by atoms with van der Waals surface area (Å²) in [6.45, 7) is 1.46. The maximum atomic E-state index is 13.7. The zero-order chi connectivity index (χ0) is 29.5. The Bertz CT molecular complexity index is 1240. The highest BCUT2D eigenvalue weighted by atomic mass is 19.4. The predicted octanol–water partition coefficient (Wildman–Crippen LogP) is 5.85. The molecule has 1 aliphatic carbocycles. The zero-order valence-corrected chi connectivity index (χ0v) is 22.1. The fourth-order valence-corrected chi connectivity index (χ4v) is 5.95. The van der Waals surface area contributed by atoms with E-state index in [4.69, 9.17) is 0 Å². The number of halogens is 7. The average molecular weight is 586 g/mol. The summed E-state index contributed by atoms with van der Waals surface area (Å²) >= 11 is 0. The minimum absolute atomic E-state index is 0.000880. The summed E-state index contributed by atoms with van der Waals surface area (Å²) in [5.41, 5.74) is -3.08. The second kappa shape index (κ2) is 11.3. The van der Waals surface area contributed by atoms with E-state index in [2.05, 4.69) is 10.2 Å². The van der Waals surface area contributed by atoms with E-state index < -0.39 is 40.8 Å². The molecule has 222 valence electrons. The molecule has 2 aliphatic heterocycles. The molecule has 2 heterocycles. The largest absolute Gasteiger partial charge is 0.416 e. The number of hydrogen-bond acceptors (Lipinski definition) is 3. The molecular weight excluding hydrogens is 555 g/mol. The molecule has 2 aromatic carbocycles. The van der Waals surface area contributed by atoms with Crippen LogP contribution in [0.3, 0.4) is 0 Å². The van der Waals surface area contributed by atoms with E-state index in [9.17, 15) is 40.3 Å². The van der Waals surface area contributed by atoms with Crippen molar-refractivity contribution in [3.05, 3.63) is 70.5 Å². The summed E-state index contributed by atoms with van der Waals surface area (Å²) in [4.78, 5) is 29.2. The number of likely N-dealkylation sites (tertiary alicyclic amines) is 2. The number of rotatable bonds is 5. The van der Waals surface area contributed by atoms with Gasteiger partial charge in [-0.3, -0.25) is 14.5 Å². The van der Waals surface area contributed by atoms with Gasteiger partial charge < -0.3 is 10.2 Å². The number of piperidine rings is 2. The van der Waals surface area contributed by atoms with Crippen LogP contribution in [0, 0.1) is 11.7 Å². The second-order valence-corrected chi connectivity index (χ2v) is 11.2. The molecule has 0 spiro atoms. The number of nitrogens with one attached hydrogen (secondary N) is 1. The molecule has 12 heteroatoms. The molecule has 1 saturated carbocycles. The molecule has 2 saturated heterocycles. The molecular formula is C29H30F7N3O2. The first kappa shape index (κ1) is 29.3. The summed E-state index contributed by atoms with van der Waals surface area (Å²) in [6.07, 6.45) is -6.31. The molecule has 1 N–H and O–H groups in total. The van der Waals surface area contributed by atoms with Crippen molar-refractivity contribution in [3.8, 4) is 0 Å². The zero-order valence-electron chi connectivity index (χ0n) is 22.1. The fourth-order valence-electron chi connectivity index (χ4n) is 5.95. The molecule has 5 rings (SSSR count). The molecule has 0 radical (unpaired) electrons. The number of benzene rings is 2. The van der Waals surface area contributed by atoms with E-state index in [1.54, 1.807) is 12.1 Å². The molecule has 3 atom stereocenters. The SMILES string of the molecule is O=C(NC1CCCN(C2CCN(C(=O)c3cc(C(F)(F)F)cc(C(F)(F)F)c3)CC2c2ccc(F)cc2)C1)C1CC1. The lowest BCUT2D eigenvalue weighted by Gasteiger charge is -2.47. The molecule has 0 aromatic heterocycles. The van der Waals surface area contributed by atoms with Gasteiger partial charge in [0.2, 0.25) is 5.91 Å². The Morgan fingerprint density at radius 2 is 1.44 bits per heavy atom. The van der Waals surface area contributed by atoms with Crippen LogP contribution in [0.1, 0.15) is 65.1 Å². The molecule has 2 aromatic rings. The van der Waals surface area contributed by atoms with Crippen LogP contribution in [0.25, 0.3) is 0 Å². The summed E-state index contributed by atoms with van der Waals surface area (Å²) in [5, 5.41) is 3.12. The highest BCUT2D eigenvalue weighted by Crippen LogP contribution is 2.38. The highest BCUT2D eigenvalue weighted by molar-refractivity contribution is 5.95. The van der Waals surface area contributed by atoms with Crippen LogP contribution in [-0.4, -0.2) is 59.9 Å². The van der Waals surface area contributed by atoms with Crippen LogP contribution in [-0.2, 0) is 17.1 Å². The maximum Gasteiger partial charge on any atom is 0.416 e. The Morgan fingerprint density at radius 3 is 2.02 bits per heavy atom. The van der Waals surface area contributed by atoms with Gasteiger partial charge in [0.15, 0.2) is 0 Å². The van der Waals surface area contributed by atoms with Crippen molar-refractivity contribution in [1.29, 1.82) is 0 Å². The highest BCUT2D eigenvalue weighted by Gasteiger charge is 2.41. The van der Waals surface area contributed by atoms with Gasteiger partial charge in [-0.2, -0.15) is 26.3 Å². The van der Waals surface area contributed by atoms with Crippen molar-refractivity contribution < 1.29 is 40.3 Å². The summed E-state index contributed by atoms with van der Waals surface area (Å²) in [6, 6.07) is 6.47. The first-order chi connectivity index (χ1) is 19.3. The molecule has 5 nitrogen and oxygen atoms in total. The Balaban J connectivity index is 1.40. The van der Waals surface area contributed by atoms with E-state index in [1.807, 2.05) is 0 Å². The Labute approximate surface area is 232 Å². The lowest BCUT2D eigenvalue weighted by Crippen LogP contribution is -2.56. The Hall–Kier alpha value is -3.15. The van der Waals surface area contributed by atoms with Gasteiger partial charge in [-0.1, -0.05) is 12.1 Å². The Morgan fingerprint density at radius 1 is 0.805 bits per heavy atom. The molecule has 3 fully saturated rings. The van der Waals surface area contributed by atoms with E-state index in [1.165, 1.54) is 17.0 Å². The van der Waals surface area contributed by atoms with Crippen molar-refractivity contribution in [2.75, 3.05) is 26.2 Å². The molecule has 3 aliphatic rings. The lowest BCUT2D eigenvalue weighted by atomic mass is 9.83. The number of alkyl halides is 6. The topological polar surface area (TPSA) is 52.7 Å². The molecule has 0 bridgehead atoms. The predicted molar refractivity (Wildman–Crippen MR) is 135 cm³/mol. The minimum Gasteiger partial charge on any atom is -0.352 e. The van der Waals surface area contributed by atoms with Gasteiger partial charge in [-0.25, -0.2) is 4.39 Å². The van der Waals surface area contributed by atoms with Crippen LogP contribution in [0.4, 0.5) is 30.7 Å². The third-order valence-corrected chi connectivity index (χ3v) is 8.21. The fraction of sp³-hybridized carbons (Fsp3) is 0.517. The summed E-state index contributed by atoms with van der Waals surface area (Å²) < 4.78 is 94.3. The van der Waals surface area contributed by atoms with Gasteiger partial charge in [0.1, 0.15) is 5.82 Å². The second-order valence-electron chi connectivity index (χ2n) is 11.2. The number of amides is 2. The van der Waals surface area contributed by atoms with Gasteiger partial charge in [0, 0.05) is 49.1 Å². The summed E-state index contributed by atoms with van der Waals surface area (Å²) in [5.74, 6) is -1.65. The van der Waals surface area contributed by atoms with Crippen molar-refractivity contribution in [2.45, 2.75) is 62.5 Å². The van der Waals surface area contributed by atoms with Gasteiger partial charge in [0.05, 0.1) is 11.1 Å². The third kappa shape index (κ3) is 6.85. The first-order valence-electron chi connectivity index (χ1n) is 13.7. The minimum atomic E-state index is -5.07. The van der Waals surface area contributed by atoms with Crippen LogP contribution >= 0.6 is 0 Å². The molecule has 3 unspecified atom stereocenters. The van der Waals surface area contributed by atoms with Crippen LogP contribution in [0.5, 0.6) is 0 Å². The van der Waals surface area contributed by atoms with Gasteiger partial charge in [-0.15, -0.1) is 0 Å². The van der Waals surface area contributed by atoms with Gasteiger partial charge in [-0.05, 0) is 74.5 Å². The standard InChI is InChI=1S/C29H30F7N3O2/c30-22-7-5-17(6-8-22)24-16-39(27(41)19-12-20(28(31,32)33)14-21(13-19)29(34,35)36)11-9-25(24)38-10-1-2-23(15-38)37-26(40)18-3-4-18/h5-8,12-14,18,23-25H,1-4,9-11,15-16H2,(H,37,40). The van der Waals surface area contributed by atoms with E-state index in [0.717, 1.165) is 32.2 Å². The molecule has 41 heavy (non-hydrogen) atoms. The first-order valence-corrected chi connectivity index (χ1v) is 13.7. The van der Waals surface area contributed by atoms with Gasteiger partial charge >= 0.3 is 12.4 Å². The quantitative estimate of drug-likeness (QED) is 0.448.